The molecule has 1 N–H and O–H groups in total. The summed E-state index contributed by atoms with van der Waals surface area (Å²) in [6, 6.07) is 4.14. The minimum absolute atomic E-state index is 0.0287. The van der Waals surface area contributed by atoms with E-state index in [0.717, 1.165) is 0 Å². The Morgan fingerprint density at radius 3 is 2.80 bits per heavy atom. The first-order valence-electron chi connectivity index (χ1n) is 4.16. The highest BCUT2D eigenvalue weighted by atomic mass is 35.5. The van der Waals surface area contributed by atoms with Crippen molar-refractivity contribution in [2.45, 2.75) is 6.10 Å². The van der Waals surface area contributed by atoms with Crippen molar-refractivity contribution >= 4 is 17.3 Å². The molecule has 0 aromatic heterocycles. The first-order valence-corrected chi connectivity index (χ1v) is 4.70. The Bertz CT molecular complexity index is 369. The van der Waals surface area contributed by atoms with E-state index in [1.165, 1.54) is 25.3 Å². The van der Waals surface area contributed by atoms with Crippen LogP contribution in [-0.2, 0) is 0 Å². The van der Waals surface area contributed by atoms with E-state index in [-0.39, 0.29) is 17.3 Å². The maximum Gasteiger partial charge on any atom is 0.310 e. The van der Waals surface area contributed by atoms with Gasteiger partial charge in [0.25, 0.3) is 0 Å². The van der Waals surface area contributed by atoms with Crippen molar-refractivity contribution in [2.75, 3.05) is 13.0 Å². The summed E-state index contributed by atoms with van der Waals surface area (Å²) in [7, 11) is 1.33. The number of nitro benzene ring substituents is 1. The third-order valence-corrected chi connectivity index (χ3v) is 2.22. The van der Waals surface area contributed by atoms with Gasteiger partial charge >= 0.3 is 5.69 Å². The molecule has 0 fully saturated rings. The van der Waals surface area contributed by atoms with E-state index in [4.69, 9.17) is 16.3 Å². The zero-order chi connectivity index (χ0) is 11.4. The first kappa shape index (κ1) is 11.7. The quantitative estimate of drug-likeness (QED) is 0.488. The lowest BCUT2D eigenvalue weighted by molar-refractivity contribution is -0.385. The van der Waals surface area contributed by atoms with Gasteiger partial charge in [0.1, 0.15) is 0 Å². The lowest BCUT2D eigenvalue weighted by Gasteiger charge is -2.08. The van der Waals surface area contributed by atoms with Crippen molar-refractivity contribution in [3.63, 3.8) is 0 Å². The third kappa shape index (κ3) is 2.57. The number of benzene rings is 1. The molecule has 0 aliphatic rings. The van der Waals surface area contributed by atoms with E-state index in [9.17, 15) is 15.2 Å². The van der Waals surface area contributed by atoms with Crippen LogP contribution in [0, 0.1) is 10.1 Å². The summed E-state index contributed by atoms with van der Waals surface area (Å²) in [6.45, 7) is 0. The number of methoxy groups -OCH3 is 1. The van der Waals surface area contributed by atoms with Crippen LogP contribution in [0.4, 0.5) is 5.69 Å². The van der Waals surface area contributed by atoms with Gasteiger partial charge in [-0.1, -0.05) is 0 Å². The van der Waals surface area contributed by atoms with Crippen LogP contribution < -0.4 is 4.74 Å². The van der Waals surface area contributed by atoms with Gasteiger partial charge in [0.05, 0.1) is 24.0 Å². The highest BCUT2D eigenvalue weighted by Gasteiger charge is 2.17. The highest BCUT2D eigenvalue weighted by molar-refractivity contribution is 6.18. The number of nitrogens with zero attached hydrogens (tertiary/aromatic N) is 1. The van der Waals surface area contributed by atoms with Gasteiger partial charge in [-0.25, -0.2) is 0 Å². The Balaban J connectivity index is 3.13. The van der Waals surface area contributed by atoms with Gasteiger partial charge in [0.15, 0.2) is 5.75 Å². The molecule has 6 heteroatoms. The minimum atomic E-state index is -0.846. The monoisotopic (exact) mass is 231 g/mol. The summed E-state index contributed by atoms with van der Waals surface area (Å²) in [5.41, 5.74) is 0.357. The van der Waals surface area contributed by atoms with Crippen LogP contribution in [0.25, 0.3) is 0 Å². The van der Waals surface area contributed by atoms with Crippen LogP contribution in [0.2, 0.25) is 0 Å². The number of halogens is 1. The molecule has 0 aliphatic carbocycles. The zero-order valence-electron chi connectivity index (χ0n) is 8.01. The largest absolute Gasteiger partial charge is 0.490 e. The van der Waals surface area contributed by atoms with Crippen LogP contribution in [0.5, 0.6) is 5.75 Å². The van der Waals surface area contributed by atoms with Crippen molar-refractivity contribution in [3.8, 4) is 5.75 Å². The van der Waals surface area contributed by atoms with Crippen molar-refractivity contribution in [2.24, 2.45) is 0 Å². The maximum absolute atomic E-state index is 10.6. The lowest BCUT2D eigenvalue weighted by Crippen LogP contribution is -2.01. The number of alkyl halides is 1. The second kappa shape index (κ2) is 4.95. The SMILES string of the molecule is COc1cc(C(O)CCl)ccc1[N+](=O)[O-]. The Morgan fingerprint density at radius 2 is 2.33 bits per heavy atom. The van der Waals surface area contributed by atoms with Gasteiger partial charge in [-0.15, -0.1) is 11.6 Å². The minimum Gasteiger partial charge on any atom is -0.490 e. The molecule has 1 atom stereocenters. The number of hydrogen-bond acceptors (Lipinski definition) is 4. The molecular formula is C9H10ClNO4. The summed E-state index contributed by atoms with van der Waals surface area (Å²) in [6.07, 6.45) is -0.846. The molecule has 15 heavy (non-hydrogen) atoms. The van der Waals surface area contributed by atoms with Gasteiger partial charge in [0.2, 0.25) is 0 Å². The fourth-order valence-electron chi connectivity index (χ4n) is 1.14. The van der Waals surface area contributed by atoms with Gasteiger partial charge in [0, 0.05) is 6.07 Å². The van der Waals surface area contributed by atoms with E-state index >= 15 is 0 Å². The molecule has 0 radical (unpaired) electrons. The normalized spacial score (nSPS) is 12.2. The molecule has 1 rings (SSSR count). The third-order valence-electron chi connectivity index (χ3n) is 1.93. The Morgan fingerprint density at radius 1 is 1.67 bits per heavy atom. The number of aliphatic hydroxyl groups excluding tert-OH is 1. The smallest absolute Gasteiger partial charge is 0.310 e. The van der Waals surface area contributed by atoms with Crippen LogP contribution in [0.15, 0.2) is 18.2 Å². The summed E-state index contributed by atoms with van der Waals surface area (Å²) in [5, 5.41) is 20.0. The number of rotatable bonds is 4. The Hall–Kier alpha value is -1.33. The predicted octanol–water partition coefficient (Wildman–Crippen LogP) is 1.88. The average Bonchev–Trinajstić information content (AvgIpc) is 2.26. The standard InChI is InChI=1S/C9H10ClNO4/c1-15-9-4-6(8(12)5-10)2-3-7(9)11(13)14/h2-4,8,12H,5H2,1H3. The molecule has 0 heterocycles. The second-order valence-corrected chi connectivity index (χ2v) is 3.17. The summed E-state index contributed by atoms with van der Waals surface area (Å²) in [4.78, 5) is 10.0. The highest BCUT2D eigenvalue weighted by Crippen LogP contribution is 2.29. The number of ether oxygens (including phenoxy) is 1. The molecule has 5 nitrogen and oxygen atoms in total. The van der Waals surface area contributed by atoms with Gasteiger partial charge in [-0.05, 0) is 17.7 Å². The summed E-state index contributed by atoms with van der Waals surface area (Å²) in [5.74, 6) is 0.141. The molecule has 0 amide bonds. The van der Waals surface area contributed by atoms with E-state index < -0.39 is 11.0 Å². The molecule has 1 unspecified atom stereocenters. The number of aliphatic hydroxyl groups is 1. The van der Waals surface area contributed by atoms with Crippen LogP contribution in [0.1, 0.15) is 11.7 Å². The molecule has 1 aromatic rings. The zero-order valence-corrected chi connectivity index (χ0v) is 8.77. The van der Waals surface area contributed by atoms with Crippen molar-refractivity contribution in [3.05, 3.63) is 33.9 Å². The summed E-state index contributed by atoms with van der Waals surface area (Å²) < 4.78 is 4.85. The fourth-order valence-corrected chi connectivity index (χ4v) is 1.32. The van der Waals surface area contributed by atoms with E-state index in [0.29, 0.717) is 5.56 Å². The van der Waals surface area contributed by atoms with E-state index in [2.05, 4.69) is 0 Å². The van der Waals surface area contributed by atoms with Crippen molar-refractivity contribution in [1.29, 1.82) is 0 Å². The van der Waals surface area contributed by atoms with Gasteiger partial charge < -0.3 is 9.84 Å². The van der Waals surface area contributed by atoms with Crippen LogP contribution >= 0.6 is 11.6 Å². The van der Waals surface area contributed by atoms with Crippen LogP contribution in [-0.4, -0.2) is 23.0 Å². The molecule has 82 valence electrons. The molecule has 0 saturated carbocycles. The van der Waals surface area contributed by atoms with Crippen molar-refractivity contribution < 1.29 is 14.8 Å². The van der Waals surface area contributed by atoms with Gasteiger partial charge in [-0.2, -0.15) is 0 Å². The van der Waals surface area contributed by atoms with Crippen LogP contribution in [0.3, 0.4) is 0 Å². The number of hydrogen-bond donors (Lipinski definition) is 1. The second-order valence-electron chi connectivity index (χ2n) is 2.86. The van der Waals surface area contributed by atoms with Gasteiger partial charge in [-0.3, -0.25) is 10.1 Å². The number of nitro groups is 1. The first-order chi connectivity index (χ1) is 7.10. The predicted molar refractivity (Wildman–Crippen MR) is 55.3 cm³/mol. The Labute approximate surface area is 91.4 Å². The average molecular weight is 232 g/mol. The molecule has 0 bridgehead atoms. The molecule has 0 saturated heterocycles. The molecular weight excluding hydrogens is 222 g/mol. The molecule has 0 spiro atoms. The topological polar surface area (TPSA) is 72.6 Å². The lowest BCUT2D eigenvalue weighted by atomic mass is 10.1. The van der Waals surface area contributed by atoms with E-state index in [1.54, 1.807) is 0 Å². The maximum atomic E-state index is 10.6. The molecule has 1 aromatic carbocycles. The summed E-state index contributed by atoms with van der Waals surface area (Å²) >= 11 is 5.46. The fraction of sp³-hybridized carbons (Fsp3) is 0.333. The Kier molecular flexibility index (Phi) is 3.88. The van der Waals surface area contributed by atoms with Crippen molar-refractivity contribution in [1.82, 2.24) is 0 Å². The molecule has 0 aliphatic heterocycles. The van der Waals surface area contributed by atoms with E-state index in [1.807, 2.05) is 0 Å².